The van der Waals surface area contributed by atoms with Gasteiger partial charge in [-0.25, -0.2) is 9.98 Å². The Bertz CT molecular complexity index is 874. The van der Waals surface area contributed by atoms with E-state index < -0.39 is 37.1 Å². The minimum absolute atomic E-state index is 0.0503. The topological polar surface area (TPSA) is 130 Å². The van der Waals surface area contributed by atoms with Crippen LogP contribution in [0.5, 0.6) is 0 Å². The number of carbonyl (C=O) groups is 1. The second kappa shape index (κ2) is 8.09. The van der Waals surface area contributed by atoms with Gasteiger partial charge < -0.3 is 19.7 Å². The number of aromatic nitrogens is 2. The number of aliphatic hydroxyl groups excluding tert-OH is 2. The minimum Gasteiger partial charge on any atom is -0.455 e. The number of hydrogen-bond acceptors (Lipinski definition) is 8. The number of carbonyl (C=O) groups excluding carboxylic acids is 1. The highest BCUT2D eigenvalue weighted by Crippen LogP contribution is 2.35. The van der Waals surface area contributed by atoms with Crippen molar-refractivity contribution in [1.82, 2.24) is 9.55 Å². The highest BCUT2D eigenvalue weighted by Gasteiger charge is 2.47. The van der Waals surface area contributed by atoms with Crippen molar-refractivity contribution in [2.45, 2.75) is 31.5 Å². The summed E-state index contributed by atoms with van der Waals surface area (Å²) >= 11 is 0. The highest BCUT2D eigenvalue weighted by atomic mass is 16.6. The first kappa shape index (κ1) is 18.7. The van der Waals surface area contributed by atoms with Gasteiger partial charge in [0.25, 0.3) is 0 Å². The summed E-state index contributed by atoms with van der Waals surface area (Å²) in [7, 11) is 0. The second-order valence-electron chi connectivity index (χ2n) is 5.92. The summed E-state index contributed by atoms with van der Waals surface area (Å²) in [5, 5.41) is 29.0. The fourth-order valence-electron chi connectivity index (χ4n) is 2.83. The van der Waals surface area contributed by atoms with Crippen molar-refractivity contribution >= 4 is 18.0 Å². The molecule has 4 atom stereocenters. The summed E-state index contributed by atoms with van der Waals surface area (Å²) < 4.78 is 12.2. The van der Waals surface area contributed by atoms with Crippen LogP contribution in [-0.4, -0.2) is 56.9 Å². The van der Waals surface area contributed by atoms with E-state index in [-0.39, 0.29) is 11.5 Å². The summed E-state index contributed by atoms with van der Waals surface area (Å²) in [5.74, 6) is -0.421. The van der Waals surface area contributed by atoms with Crippen LogP contribution in [0, 0.1) is 11.3 Å². The van der Waals surface area contributed by atoms with Crippen LogP contribution in [-0.2, 0) is 14.3 Å². The number of nitrogens with zero attached hydrogens (tertiary/aromatic N) is 4. The van der Waals surface area contributed by atoms with E-state index >= 15 is 0 Å². The average Bonchev–Trinajstić information content (AvgIpc) is 3.21. The van der Waals surface area contributed by atoms with Gasteiger partial charge in [-0.15, -0.1) is 0 Å². The van der Waals surface area contributed by atoms with Crippen LogP contribution in [0.25, 0.3) is 0 Å². The first-order valence-corrected chi connectivity index (χ1v) is 8.22. The number of aliphatic hydroxyl groups is 2. The Balaban J connectivity index is 1.98. The molecule has 1 aliphatic heterocycles. The first-order valence-electron chi connectivity index (χ1n) is 8.22. The molecule has 2 aromatic rings. The number of benzene rings is 1. The Morgan fingerprint density at radius 2 is 2.22 bits per heavy atom. The predicted octanol–water partition coefficient (Wildman–Crippen LogP) is 0.688. The van der Waals surface area contributed by atoms with E-state index in [1.165, 1.54) is 17.8 Å². The molecule has 9 heteroatoms. The van der Waals surface area contributed by atoms with Crippen molar-refractivity contribution in [2.75, 3.05) is 6.61 Å². The molecule has 1 aromatic carbocycles. The molecule has 1 fully saturated rings. The van der Waals surface area contributed by atoms with E-state index in [0.717, 1.165) is 5.56 Å². The Morgan fingerprint density at radius 1 is 1.48 bits per heavy atom. The molecule has 1 aromatic heterocycles. The van der Waals surface area contributed by atoms with Gasteiger partial charge in [0, 0.05) is 13.1 Å². The molecule has 0 aliphatic carbocycles. The molecule has 1 saturated heterocycles. The molecule has 0 radical (unpaired) electrons. The van der Waals surface area contributed by atoms with Crippen LogP contribution in [0.4, 0.5) is 5.82 Å². The smallest absolute Gasteiger partial charge is 0.303 e. The Morgan fingerprint density at radius 3 is 2.85 bits per heavy atom. The minimum atomic E-state index is -1.23. The fourth-order valence-corrected chi connectivity index (χ4v) is 2.83. The van der Waals surface area contributed by atoms with Crippen molar-refractivity contribution in [2.24, 2.45) is 4.99 Å². The van der Waals surface area contributed by atoms with Gasteiger partial charge >= 0.3 is 5.97 Å². The first-order chi connectivity index (χ1) is 13.0. The molecule has 0 bridgehead atoms. The van der Waals surface area contributed by atoms with Crippen molar-refractivity contribution in [3.05, 3.63) is 47.9 Å². The van der Waals surface area contributed by atoms with Crippen molar-refractivity contribution in [1.29, 1.82) is 5.26 Å². The standard InChI is InChI=1S/C18H18N4O5/c1-11(24)26-16-15(25)14(9-23)27-18(16)22-10-21-13(7-19)17(22)20-8-12-5-3-2-4-6-12/h2-6,8,10,14-16,18,23,25H,9H2,1H3/t14-,15-,16+,18-/m1/s1. The quantitative estimate of drug-likeness (QED) is 0.585. The zero-order chi connectivity index (χ0) is 19.4. The van der Waals surface area contributed by atoms with Gasteiger partial charge in [0.1, 0.15) is 24.6 Å². The second-order valence-corrected chi connectivity index (χ2v) is 5.92. The average molecular weight is 370 g/mol. The largest absolute Gasteiger partial charge is 0.455 e. The zero-order valence-electron chi connectivity index (χ0n) is 14.5. The molecule has 3 rings (SSSR count). The number of ether oxygens (including phenoxy) is 2. The maximum atomic E-state index is 11.4. The van der Waals surface area contributed by atoms with Crippen molar-refractivity contribution < 1.29 is 24.5 Å². The Hall–Kier alpha value is -3.06. The highest BCUT2D eigenvalue weighted by molar-refractivity contribution is 5.81. The summed E-state index contributed by atoms with van der Waals surface area (Å²) in [4.78, 5) is 19.8. The maximum Gasteiger partial charge on any atom is 0.303 e. The van der Waals surface area contributed by atoms with E-state index in [1.807, 2.05) is 36.4 Å². The van der Waals surface area contributed by atoms with E-state index in [2.05, 4.69) is 9.98 Å². The van der Waals surface area contributed by atoms with Crippen LogP contribution in [0.1, 0.15) is 24.4 Å². The number of esters is 1. The molecule has 2 N–H and O–H groups in total. The maximum absolute atomic E-state index is 11.4. The molecular weight excluding hydrogens is 352 g/mol. The predicted molar refractivity (Wildman–Crippen MR) is 93.2 cm³/mol. The Kier molecular flexibility index (Phi) is 5.61. The van der Waals surface area contributed by atoms with Crippen molar-refractivity contribution in [3.63, 3.8) is 0 Å². The normalized spacial score (nSPS) is 24.8. The molecule has 0 unspecified atom stereocenters. The van der Waals surface area contributed by atoms with Crippen LogP contribution >= 0.6 is 0 Å². The van der Waals surface area contributed by atoms with Gasteiger partial charge in [-0.2, -0.15) is 5.26 Å². The van der Waals surface area contributed by atoms with Crippen LogP contribution in [0.2, 0.25) is 0 Å². The molecule has 140 valence electrons. The number of aliphatic imine (C=N–C) groups is 1. The third-order valence-electron chi connectivity index (χ3n) is 4.08. The monoisotopic (exact) mass is 370 g/mol. The van der Waals surface area contributed by atoms with Crippen LogP contribution < -0.4 is 0 Å². The third kappa shape index (κ3) is 3.88. The van der Waals surface area contributed by atoms with Gasteiger partial charge in [0.2, 0.25) is 0 Å². The lowest BCUT2D eigenvalue weighted by atomic mass is 10.1. The zero-order valence-corrected chi connectivity index (χ0v) is 14.5. The van der Waals surface area contributed by atoms with Crippen molar-refractivity contribution in [3.8, 4) is 6.07 Å². The lowest BCUT2D eigenvalue weighted by Crippen LogP contribution is -2.36. The van der Waals surface area contributed by atoms with Gasteiger partial charge in [-0.05, 0) is 5.56 Å². The number of imidazole rings is 1. The molecular formula is C18H18N4O5. The van der Waals surface area contributed by atoms with Crippen LogP contribution in [0.3, 0.4) is 0 Å². The molecule has 0 amide bonds. The molecule has 2 heterocycles. The Labute approximate surface area is 155 Å². The van der Waals surface area contributed by atoms with E-state index in [9.17, 15) is 20.3 Å². The summed E-state index contributed by atoms with van der Waals surface area (Å²) in [6.45, 7) is 0.747. The van der Waals surface area contributed by atoms with E-state index in [0.29, 0.717) is 0 Å². The van der Waals surface area contributed by atoms with E-state index in [4.69, 9.17) is 9.47 Å². The number of nitriles is 1. The van der Waals surface area contributed by atoms with Gasteiger partial charge in [0.15, 0.2) is 23.8 Å². The number of hydrogen-bond donors (Lipinski definition) is 2. The van der Waals surface area contributed by atoms with Gasteiger partial charge in [0.05, 0.1) is 6.61 Å². The SMILES string of the molecule is CC(=O)O[C@H]1[C@H](O)[C@@H](CO)O[C@H]1n1cnc(C#N)c1N=Cc1ccccc1. The number of rotatable bonds is 5. The molecule has 0 spiro atoms. The third-order valence-corrected chi connectivity index (χ3v) is 4.08. The molecule has 9 nitrogen and oxygen atoms in total. The van der Waals surface area contributed by atoms with Gasteiger partial charge in [-0.3, -0.25) is 9.36 Å². The summed E-state index contributed by atoms with van der Waals surface area (Å²) in [5.41, 5.74) is 0.862. The molecule has 1 aliphatic rings. The van der Waals surface area contributed by atoms with E-state index in [1.54, 1.807) is 6.21 Å². The van der Waals surface area contributed by atoms with Crippen LogP contribution in [0.15, 0.2) is 41.7 Å². The molecule has 27 heavy (non-hydrogen) atoms. The lowest BCUT2D eigenvalue weighted by molar-refractivity contribution is -0.155. The molecule has 0 saturated carbocycles. The summed E-state index contributed by atoms with van der Waals surface area (Å²) in [6.07, 6.45) is -1.36. The van der Waals surface area contributed by atoms with Gasteiger partial charge in [-0.1, -0.05) is 30.3 Å². The summed E-state index contributed by atoms with van der Waals surface area (Å²) in [6, 6.07) is 11.2. The fraction of sp³-hybridized carbons (Fsp3) is 0.333. The lowest BCUT2D eigenvalue weighted by Gasteiger charge is -2.21.